The molecule has 0 aliphatic carbocycles. The average molecular weight is 275 g/mol. The molecule has 0 aliphatic heterocycles. The predicted octanol–water partition coefficient (Wildman–Crippen LogP) is 3.03. The first-order chi connectivity index (χ1) is 8.36. The molecule has 5 heteroatoms. The van der Waals surface area contributed by atoms with Crippen LogP contribution >= 0.6 is 11.6 Å². The van der Waals surface area contributed by atoms with Crippen LogP contribution in [-0.4, -0.2) is 25.3 Å². The van der Waals surface area contributed by atoms with Crippen LogP contribution in [0.5, 0.6) is 0 Å². The van der Waals surface area contributed by atoms with E-state index in [0.717, 1.165) is 0 Å². The van der Waals surface area contributed by atoms with Gasteiger partial charge < -0.3 is 15.8 Å². The molecule has 1 aromatic carbocycles. The van der Waals surface area contributed by atoms with Crippen molar-refractivity contribution in [3.05, 3.63) is 29.0 Å². The normalized spacial score (nSPS) is 13.4. The molecule has 0 saturated carbocycles. The molecule has 1 aromatic rings. The second-order valence-electron chi connectivity index (χ2n) is 4.90. The number of rotatable bonds is 6. The van der Waals surface area contributed by atoms with E-state index in [4.69, 9.17) is 22.1 Å². The van der Waals surface area contributed by atoms with Gasteiger partial charge in [0.15, 0.2) is 0 Å². The summed E-state index contributed by atoms with van der Waals surface area (Å²) in [6.45, 7) is 4.40. The molecule has 1 rings (SSSR count). The van der Waals surface area contributed by atoms with E-state index in [1.165, 1.54) is 12.1 Å². The average Bonchev–Trinajstić information content (AvgIpc) is 2.26. The van der Waals surface area contributed by atoms with Crippen molar-refractivity contribution in [3.63, 3.8) is 0 Å². The molecule has 3 nitrogen and oxygen atoms in total. The largest absolute Gasteiger partial charge is 0.381 e. The van der Waals surface area contributed by atoms with Crippen molar-refractivity contribution >= 4 is 17.3 Å². The van der Waals surface area contributed by atoms with E-state index in [1.807, 2.05) is 13.8 Å². The lowest BCUT2D eigenvalue weighted by Crippen LogP contribution is -2.37. The minimum atomic E-state index is -0.369. The summed E-state index contributed by atoms with van der Waals surface area (Å²) >= 11 is 5.80. The summed E-state index contributed by atoms with van der Waals surface area (Å²) in [5.74, 6) is -0.369. The van der Waals surface area contributed by atoms with Crippen molar-refractivity contribution in [3.8, 4) is 0 Å². The van der Waals surface area contributed by atoms with Crippen LogP contribution in [0.2, 0.25) is 5.02 Å². The predicted molar refractivity (Wildman–Crippen MR) is 73.6 cm³/mol. The lowest BCUT2D eigenvalue weighted by Gasteiger charge is -2.29. The van der Waals surface area contributed by atoms with E-state index >= 15 is 0 Å². The minimum absolute atomic E-state index is 0.00202. The molecule has 0 saturated heterocycles. The van der Waals surface area contributed by atoms with Crippen LogP contribution in [0.1, 0.15) is 20.3 Å². The van der Waals surface area contributed by atoms with Gasteiger partial charge in [0.25, 0.3) is 0 Å². The zero-order valence-corrected chi connectivity index (χ0v) is 11.7. The van der Waals surface area contributed by atoms with E-state index < -0.39 is 0 Å². The zero-order valence-electron chi connectivity index (χ0n) is 11.0. The molecule has 0 bridgehead atoms. The standard InChI is InChI=1S/C13H20ClFN2O/c1-13(2,18-3)7-12(8-16)17-11-5-9(14)4-10(15)6-11/h4-6,12,17H,7-8,16H2,1-3H3. The lowest BCUT2D eigenvalue weighted by molar-refractivity contribution is 0.0122. The van der Waals surface area contributed by atoms with E-state index in [0.29, 0.717) is 23.7 Å². The molecule has 0 aromatic heterocycles. The topological polar surface area (TPSA) is 47.3 Å². The van der Waals surface area contributed by atoms with Gasteiger partial charge >= 0.3 is 0 Å². The summed E-state index contributed by atoms with van der Waals surface area (Å²) in [5.41, 5.74) is 6.06. The number of nitrogens with one attached hydrogen (secondary N) is 1. The number of hydrogen-bond acceptors (Lipinski definition) is 3. The smallest absolute Gasteiger partial charge is 0.126 e. The highest BCUT2D eigenvalue weighted by atomic mass is 35.5. The van der Waals surface area contributed by atoms with Crippen molar-refractivity contribution in [2.45, 2.75) is 31.9 Å². The third-order valence-electron chi connectivity index (χ3n) is 2.81. The molecule has 0 spiro atoms. The van der Waals surface area contributed by atoms with Crippen molar-refractivity contribution in [2.24, 2.45) is 5.73 Å². The molecular weight excluding hydrogens is 255 g/mol. The minimum Gasteiger partial charge on any atom is -0.381 e. The van der Waals surface area contributed by atoms with Crippen molar-refractivity contribution in [1.82, 2.24) is 0 Å². The Kier molecular flexibility index (Phi) is 5.38. The second-order valence-corrected chi connectivity index (χ2v) is 5.34. The Labute approximate surface area is 112 Å². The van der Waals surface area contributed by atoms with E-state index in [1.54, 1.807) is 13.2 Å². The quantitative estimate of drug-likeness (QED) is 0.838. The van der Waals surface area contributed by atoms with Crippen LogP contribution in [-0.2, 0) is 4.74 Å². The fourth-order valence-electron chi connectivity index (χ4n) is 1.74. The molecule has 0 aliphatic rings. The molecule has 0 fully saturated rings. The summed E-state index contributed by atoms with van der Waals surface area (Å²) in [5, 5.41) is 3.53. The van der Waals surface area contributed by atoms with Gasteiger partial charge in [-0.25, -0.2) is 4.39 Å². The highest BCUT2D eigenvalue weighted by molar-refractivity contribution is 6.30. The highest BCUT2D eigenvalue weighted by Crippen LogP contribution is 2.22. The summed E-state index contributed by atoms with van der Waals surface area (Å²) < 4.78 is 18.6. The van der Waals surface area contributed by atoms with Gasteiger partial charge in [0.2, 0.25) is 0 Å². The number of anilines is 1. The Hall–Kier alpha value is -0.840. The molecule has 18 heavy (non-hydrogen) atoms. The fourth-order valence-corrected chi connectivity index (χ4v) is 1.96. The maximum Gasteiger partial charge on any atom is 0.126 e. The number of halogens is 2. The van der Waals surface area contributed by atoms with Crippen LogP contribution < -0.4 is 11.1 Å². The highest BCUT2D eigenvalue weighted by Gasteiger charge is 2.22. The molecule has 102 valence electrons. The number of benzene rings is 1. The summed E-state index contributed by atoms with van der Waals surface area (Å²) in [7, 11) is 1.66. The monoisotopic (exact) mass is 274 g/mol. The van der Waals surface area contributed by atoms with Crippen LogP contribution in [0.15, 0.2) is 18.2 Å². The molecule has 3 N–H and O–H groups in total. The summed E-state index contributed by atoms with van der Waals surface area (Å²) in [6.07, 6.45) is 0.716. The third kappa shape index (κ3) is 4.80. The van der Waals surface area contributed by atoms with E-state index in [-0.39, 0.29) is 17.5 Å². The first kappa shape index (κ1) is 15.2. The maximum absolute atomic E-state index is 13.2. The van der Waals surface area contributed by atoms with Crippen LogP contribution in [0.3, 0.4) is 0 Å². The molecule has 1 unspecified atom stereocenters. The van der Waals surface area contributed by atoms with Gasteiger partial charge in [-0.2, -0.15) is 0 Å². The zero-order chi connectivity index (χ0) is 13.8. The van der Waals surface area contributed by atoms with Gasteiger partial charge in [0.1, 0.15) is 5.82 Å². The molecule has 0 amide bonds. The molecule has 0 radical (unpaired) electrons. The van der Waals surface area contributed by atoms with Gasteiger partial charge in [0.05, 0.1) is 5.60 Å². The third-order valence-corrected chi connectivity index (χ3v) is 3.03. The Morgan fingerprint density at radius 2 is 2.11 bits per heavy atom. The number of ether oxygens (including phenoxy) is 1. The number of nitrogens with two attached hydrogens (primary N) is 1. The number of hydrogen-bond donors (Lipinski definition) is 2. The van der Waals surface area contributed by atoms with E-state index in [9.17, 15) is 4.39 Å². The molecule has 1 atom stereocenters. The SMILES string of the molecule is COC(C)(C)CC(CN)Nc1cc(F)cc(Cl)c1. The Morgan fingerprint density at radius 3 is 2.61 bits per heavy atom. The van der Waals surface area contributed by atoms with Gasteiger partial charge in [-0.1, -0.05) is 11.6 Å². The van der Waals surface area contributed by atoms with Gasteiger partial charge in [-0.05, 0) is 38.5 Å². The Balaban J connectivity index is 2.73. The summed E-state index contributed by atoms with van der Waals surface area (Å²) in [4.78, 5) is 0. The van der Waals surface area contributed by atoms with Gasteiger partial charge in [0, 0.05) is 30.4 Å². The Bertz CT molecular complexity index is 378. The van der Waals surface area contributed by atoms with Crippen LogP contribution in [0.4, 0.5) is 10.1 Å². The summed E-state index contributed by atoms with van der Waals surface area (Å²) in [6, 6.07) is 4.34. The first-order valence-electron chi connectivity index (χ1n) is 5.84. The van der Waals surface area contributed by atoms with Gasteiger partial charge in [-0.15, -0.1) is 0 Å². The number of methoxy groups -OCH3 is 1. The maximum atomic E-state index is 13.2. The lowest BCUT2D eigenvalue weighted by atomic mass is 9.98. The second kappa shape index (κ2) is 6.36. The first-order valence-corrected chi connectivity index (χ1v) is 6.22. The van der Waals surface area contributed by atoms with Gasteiger partial charge in [-0.3, -0.25) is 0 Å². The molecular formula is C13H20ClFN2O. The fraction of sp³-hybridized carbons (Fsp3) is 0.538. The van der Waals surface area contributed by atoms with Crippen LogP contribution in [0.25, 0.3) is 0 Å². The Morgan fingerprint density at radius 1 is 1.44 bits per heavy atom. The van der Waals surface area contributed by atoms with Crippen LogP contribution in [0, 0.1) is 5.82 Å². The van der Waals surface area contributed by atoms with Crippen molar-refractivity contribution in [1.29, 1.82) is 0 Å². The van der Waals surface area contributed by atoms with E-state index in [2.05, 4.69) is 5.32 Å². The molecule has 0 heterocycles. The van der Waals surface area contributed by atoms with Crippen molar-refractivity contribution < 1.29 is 9.13 Å². The van der Waals surface area contributed by atoms with Crippen molar-refractivity contribution in [2.75, 3.05) is 19.0 Å².